The number of hydrogen-bond donors (Lipinski definition) is 1. The molecule has 4 heteroatoms. The van der Waals surface area contributed by atoms with Crippen molar-refractivity contribution in [3.05, 3.63) is 12.2 Å². The van der Waals surface area contributed by atoms with Crippen molar-refractivity contribution >= 4 is 0 Å². The second kappa shape index (κ2) is 8.25. The van der Waals surface area contributed by atoms with Crippen LogP contribution in [-0.4, -0.2) is 27.4 Å². The Hall–Kier alpha value is -0.900. The fourth-order valence-electron chi connectivity index (χ4n) is 2.09. The summed E-state index contributed by atoms with van der Waals surface area (Å²) in [4.78, 5) is 4.37. The Kier molecular flexibility index (Phi) is 6.94. The molecule has 0 bridgehead atoms. The van der Waals surface area contributed by atoms with Crippen molar-refractivity contribution in [1.29, 1.82) is 0 Å². The molecular formula is C14H28N4. The maximum absolute atomic E-state index is 4.37. The first-order valence-corrected chi connectivity index (χ1v) is 7.27. The molecule has 104 valence electrons. The molecule has 0 aliphatic carbocycles. The van der Waals surface area contributed by atoms with Crippen molar-refractivity contribution in [3.63, 3.8) is 0 Å². The van der Waals surface area contributed by atoms with Crippen LogP contribution in [0.25, 0.3) is 0 Å². The summed E-state index contributed by atoms with van der Waals surface area (Å²) < 4.78 is 2.00. The van der Waals surface area contributed by atoms with Crippen molar-refractivity contribution < 1.29 is 0 Å². The van der Waals surface area contributed by atoms with E-state index < -0.39 is 0 Å². The number of rotatable bonds is 9. The largest absolute Gasteiger partial charge is 0.314 e. The first-order valence-electron chi connectivity index (χ1n) is 7.27. The summed E-state index contributed by atoms with van der Waals surface area (Å²) in [5.41, 5.74) is 0. The smallest absolute Gasteiger partial charge is 0.138 e. The van der Waals surface area contributed by atoms with Gasteiger partial charge in [0.25, 0.3) is 0 Å². The molecule has 0 saturated heterocycles. The van der Waals surface area contributed by atoms with Crippen LogP contribution in [-0.2, 0) is 13.0 Å². The van der Waals surface area contributed by atoms with E-state index in [0.717, 1.165) is 31.3 Å². The molecule has 0 saturated carbocycles. The average Bonchev–Trinajstić information content (AvgIpc) is 2.79. The molecule has 0 aromatic carbocycles. The highest BCUT2D eigenvalue weighted by atomic mass is 15.3. The van der Waals surface area contributed by atoms with E-state index >= 15 is 0 Å². The number of hydrogen-bond acceptors (Lipinski definition) is 3. The average molecular weight is 252 g/mol. The van der Waals surface area contributed by atoms with E-state index in [9.17, 15) is 0 Å². The lowest BCUT2D eigenvalue weighted by molar-refractivity contribution is 0.414. The standard InChI is InChI=1S/C14H28N4/c1-5-9-15-13(8-7-12(3)4)10-14-16-11-17-18(14)6-2/h11-13,15H,5-10H2,1-4H3. The maximum atomic E-state index is 4.37. The minimum Gasteiger partial charge on any atom is -0.314 e. The molecular weight excluding hydrogens is 224 g/mol. The Morgan fingerprint density at radius 1 is 1.28 bits per heavy atom. The van der Waals surface area contributed by atoms with Gasteiger partial charge in [-0.15, -0.1) is 0 Å². The molecule has 1 rings (SSSR count). The van der Waals surface area contributed by atoms with Crippen LogP contribution in [0.15, 0.2) is 6.33 Å². The van der Waals surface area contributed by atoms with Gasteiger partial charge in [-0.2, -0.15) is 5.10 Å². The van der Waals surface area contributed by atoms with Gasteiger partial charge in [-0.25, -0.2) is 4.98 Å². The Labute approximate surface area is 111 Å². The zero-order chi connectivity index (χ0) is 13.4. The molecule has 1 unspecified atom stereocenters. The predicted octanol–water partition coefficient (Wildman–Crippen LogP) is 2.64. The Bertz CT molecular complexity index is 319. The van der Waals surface area contributed by atoms with Crippen LogP contribution in [0.3, 0.4) is 0 Å². The van der Waals surface area contributed by atoms with Gasteiger partial charge in [0.05, 0.1) is 0 Å². The summed E-state index contributed by atoms with van der Waals surface area (Å²) in [7, 11) is 0. The first kappa shape index (κ1) is 15.2. The van der Waals surface area contributed by atoms with E-state index in [1.807, 2.05) is 4.68 Å². The van der Waals surface area contributed by atoms with Crippen molar-refractivity contribution in [3.8, 4) is 0 Å². The molecule has 0 aliphatic heterocycles. The predicted molar refractivity (Wildman–Crippen MR) is 75.6 cm³/mol. The quantitative estimate of drug-likeness (QED) is 0.734. The first-order chi connectivity index (χ1) is 8.67. The van der Waals surface area contributed by atoms with E-state index in [4.69, 9.17) is 0 Å². The maximum Gasteiger partial charge on any atom is 0.138 e. The Morgan fingerprint density at radius 3 is 2.67 bits per heavy atom. The van der Waals surface area contributed by atoms with Gasteiger partial charge < -0.3 is 5.32 Å². The lowest BCUT2D eigenvalue weighted by Gasteiger charge is -2.19. The molecule has 0 radical (unpaired) electrons. The van der Waals surface area contributed by atoms with Gasteiger partial charge in [0.2, 0.25) is 0 Å². The fraction of sp³-hybridized carbons (Fsp3) is 0.857. The van der Waals surface area contributed by atoms with Crippen LogP contribution in [0.4, 0.5) is 0 Å². The summed E-state index contributed by atoms with van der Waals surface area (Å²) in [6.07, 6.45) is 6.31. The third-order valence-corrected chi connectivity index (χ3v) is 3.20. The molecule has 0 fully saturated rings. The Morgan fingerprint density at radius 2 is 2.06 bits per heavy atom. The summed E-state index contributed by atoms with van der Waals surface area (Å²) >= 11 is 0. The minimum absolute atomic E-state index is 0.529. The van der Waals surface area contributed by atoms with E-state index in [-0.39, 0.29) is 0 Å². The van der Waals surface area contributed by atoms with Crippen molar-refractivity contribution in [1.82, 2.24) is 20.1 Å². The molecule has 4 nitrogen and oxygen atoms in total. The van der Waals surface area contributed by atoms with Crippen molar-refractivity contribution in [2.45, 2.75) is 66.0 Å². The number of nitrogens with zero attached hydrogens (tertiary/aromatic N) is 3. The molecule has 1 N–H and O–H groups in total. The van der Waals surface area contributed by atoms with Crippen LogP contribution >= 0.6 is 0 Å². The third kappa shape index (κ3) is 5.17. The van der Waals surface area contributed by atoms with E-state index in [1.165, 1.54) is 19.3 Å². The second-order valence-corrected chi connectivity index (χ2v) is 5.32. The lowest BCUT2D eigenvalue weighted by atomic mass is 10.0. The molecule has 0 amide bonds. The van der Waals surface area contributed by atoms with Gasteiger partial charge in [-0.05, 0) is 38.6 Å². The highest BCUT2D eigenvalue weighted by Gasteiger charge is 2.13. The van der Waals surface area contributed by atoms with Crippen LogP contribution < -0.4 is 5.32 Å². The SMILES string of the molecule is CCCNC(CCC(C)C)Cc1ncnn1CC. The summed E-state index contributed by atoms with van der Waals surface area (Å²) in [5.74, 6) is 1.87. The highest BCUT2D eigenvalue weighted by molar-refractivity contribution is 4.89. The van der Waals surface area contributed by atoms with Crippen molar-refractivity contribution in [2.24, 2.45) is 5.92 Å². The molecule has 1 aromatic heterocycles. The van der Waals surface area contributed by atoms with Gasteiger partial charge in [-0.1, -0.05) is 20.8 Å². The molecule has 0 spiro atoms. The lowest BCUT2D eigenvalue weighted by Crippen LogP contribution is -2.33. The van der Waals surface area contributed by atoms with Gasteiger partial charge in [-0.3, -0.25) is 4.68 Å². The van der Waals surface area contributed by atoms with Crippen LogP contribution in [0.2, 0.25) is 0 Å². The highest BCUT2D eigenvalue weighted by Crippen LogP contribution is 2.10. The topological polar surface area (TPSA) is 42.7 Å². The van der Waals surface area contributed by atoms with E-state index in [0.29, 0.717) is 6.04 Å². The summed E-state index contributed by atoms with van der Waals surface area (Å²) in [5, 5.41) is 7.87. The van der Waals surface area contributed by atoms with Gasteiger partial charge in [0.15, 0.2) is 0 Å². The van der Waals surface area contributed by atoms with Crippen LogP contribution in [0.5, 0.6) is 0 Å². The minimum atomic E-state index is 0.529. The van der Waals surface area contributed by atoms with E-state index in [1.54, 1.807) is 6.33 Å². The monoisotopic (exact) mass is 252 g/mol. The third-order valence-electron chi connectivity index (χ3n) is 3.20. The van der Waals surface area contributed by atoms with Crippen LogP contribution in [0.1, 0.15) is 52.8 Å². The molecule has 1 atom stereocenters. The van der Waals surface area contributed by atoms with E-state index in [2.05, 4.69) is 43.1 Å². The van der Waals surface area contributed by atoms with Crippen LogP contribution in [0, 0.1) is 5.92 Å². The van der Waals surface area contributed by atoms with Gasteiger partial charge in [0.1, 0.15) is 12.2 Å². The van der Waals surface area contributed by atoms with Gasteiger partial charge in [0, 0.05) is 19.0 Å². The zero-order valence-electron chi connectivity index (χ0n) is 12.3. The molecule has 1 aromatic rings. The van der Waals surface area contributed by atoms with Crippen molar-refractivity contribution in [2.75, 3.05) is 6.54 Å². The van der Waals surface area contributed by atoms with Gasteiger partial charge >= 0.3 is 0 Å². The fourth-order valence-corrected chi connectivity index (χ4v) is 2.09. The normalized spacial score (nSPS) is 13.2. The summed E-state index contributed by atoms with van der Waals surface area (Å²) in [6.45, 7) is 10.9. The number of aryl methyl sites for hydroxylation is 1. The molecule has 0 aliphatic rings. The Balaban J connectivity index is 2.53. The number of nitrogens with one attached hydrogen (secondary N) is 1. The number of aromatic nitrogens is 3. The molecule has 18 heavy (non-hydrogen) atoms. The second-order valence-electron chi connectivity index (χ2n) is 5.32. The molecule has 1 heterocycles. The summed E-state index contributed by atoms with van der Waals surface area (Å²) in [6, 6.07) is 0.529. The zero-order valence-corrected chi connectivity index (χ0v) is 12.3.